The lowest BCUT2D eigenvalue weighted by Gasteiger charge is -2.27. The van der Waals surface area contributed by atoms with Crippen molar-refractivity contribution in [3.8, 4) is 0 Å². The van der Waals surface area contributed by atoms with Crippen LogP contribution in [0.3, 0.4) is 0 Å². The summed E-state index contributed by atoms with van der Waals surface area (Å²) in [5.74, 6) is 0.312. The van der Waals surface area contributed by atoms with Crippen LogP contribution in [-0.4, -0.2) is 29.6 Å². The Bertz CT molecular complexity index is 481. The minimum absolute atomic E-state index is 0.222. The van der Waals surface area contributed by atoms with Crippen molar-refractivity contribution in [2.24, 2.45) is 11.8 Å². The molecule has 4 heteroatoms. The van der Waals surface area contributed by atoms with Crippen LogP contribution in [0, 0.1) is 11.8 Å². The highest BCUT2D eigenvalue weighted by Gasteiger charge is 2.16. The highest BCUT2D eigenvalue weighted by atomic mass is 16.5. The standard InChI is InChI=1S/C19H30N2O2/c1-15(19(22)20-23)12-16-8-10-18(11-9-16)14-21(2)13-17-6-4-3-5-7-17/h8-11,15,17,23H,3-7,12-14H2,1-2H3,(H,20,22). The molecule has 0 heterocycles. The van der Waals surface area contributed by atoms with E-state index in [1.807, 2.05) is 6.92 Å². The average Bonchev–Trinajstić information content (AvgIpc) is 2.56. The fraction of sp³-hybridized carbons (Fsp3) is 0.632. The first kappa shape index (κ1) is 18.0. The van der Waals surface area contributed by atoms with E-state index in [9.17, 15) is 4.79 Å². The van der Waals surface area contributed by atoms with Crippen LogP contribution in [0.4, 0.5) is 0 Å². The van der Waals surface area contributed by atoms with Crippen molar-refractivity contribution in [3.63, 3.8) is 0 Å². The van der Waals surface area contributed by atoms with Crippen molar-refractivity contribution < 1.29 is 10.0 Å². The predicted octanol–water partition coefficient (Wildman–Crippen LogP) is 3.38. The van der Waals surface area contributed by atoms with Crippen LogP contribution in [0.25, 0.3) is 0 Å². The molecular formula is C19H30N2O2. The van der Waals surface area contributed by atoms with Gasteiger partial charge in [0.2, 0.25) is 5.91 Å². The molecule has 1 aliphatic rings. The predicted molar refractivity (Wildman–Crippen MR) is 92.1 cm³/mol. The normalized spacial score (nSPS) is 17.2. The maximum Gasteiger partial charge on any atom is 0.246 e. The zero-order valence-electron chi connectivity index (χ0n) is 14.4. The third-order valence-corrected chi connectivity index (χ3v) is 4.87. The molecule has 0 saturated heterocycles. The third-order valence-electron chi connectivity index (χ3n) is 4.87. The van der Waals surface area contributed by atoms with Gasteiger partial charge in [0.05, 0.1) is 0 Å². The molecule has 0 aliphatic heterocycles. The van der Waals surface area contributed by atoms with E-state index in [1.54, 1.807) is 5.48 Å². The van der Waals surface area contributed by atoms with Crippen molar-refractivity contribution in [3.05, 3.63) is 35.4 Å². The van der Waals surface area contributed by atoms with Gasteiger partial charge >= 0.3 is 0 Å². The Labute approximate surface area is 139 Å². The first-order valence-electron chi connectivity index (χ1n) is 8.78. The maximum absolute atomic E-state index is 11.3. The van der Waals surface area contributed by atoms with Gasteiger partial charge in [0, 0.05) is 19.0 Å². The molecule has 0 spiro atoms. The Hall–Kier alpha value is -1.39. The van der Waals surface area contributed by atoms with E-state index < -0.39 is 0 Å². The monoisotopic (exact) mass is 318 g/mol. The maximum atomic E-state index is 11.3. The fourth-order valence-corrected chi connectivity index (χ4v) is 3.52. The lowest BCUT2D eigenvalue weighted by Crippen LogP contribution is -2.27. The van der Waals surface area contributed by atoms with Crippen LogP contribution >= 0.6 is 0 Å². The van der Waals surface area contributed by atoms with E-state index in [-0.39, 0.29) is 11.8 Å². The Morgan fingerprint density at radius 2 is 1.83 bits per heavy atom. The number of hydroxylamine groups is 1. The van der Waals surface area contributed by atoms with E-state index in [1.165, 1.54) is 44.2 Å². The number of hydrogen-bond acceptors (Lipinski definition) is 3. The Kier molecular flexibility index (Phi) is 7.06. The van der Waals surface area contributed by atoms with Gasteiger partial charge in [0.15, 0.2) is 0 Å². The van der Waals surface area contributed by atoms with Crippen LogP contribution in [0.5, 0.6) is 0 Å². The van der Waals surface area contributed by atoms with Gasteiger partial charge in [-0.25, -0.2) is 5.48 Å². The van der Waals surface area contributed by atoms with Crippen molar-refractivity contribution in [2.75, 3.05) is 13.6 Å². The number of carbonyl (C=O) groups is 1. The smallest absolute Gasteiger partial charge is 0.246 e. The molecule has 23 heavy (non-hydrogen) atoms. The third kappa shape index (κ3) is 5.96. The average molecular weight is 318 g/mol. The summed E-state index contributed by atoms with van der Waals surface area (Å²) in [5, 5.41) is 8.66. The molecule has 1 unspecified atom stereocenters. The summed E-state index contributed by atoms with van der Waals surface area (Å²) >= 11 is 0. The van der Waals surface area contributed by atoms with E-state index in [0.717, 1.165) is 18.0 Å². The summed E-state index contributed by atoms with van der Waals surface area (Å²) in [4.78, 5) is 13.8. The van der Waals surface area contributed by atoms with Gasteiger partial charge in [-0.15, -0.1) is 0 Å². The molecule has 1 aromatic carbocycles. The van der Waals surface area contributed by atoms with E-state index in [4.69, 9.17) is 5.21 Å². The second-order valence-electron chi connectivity index (χ2n) is 7.10. The Morgan fingerprint density at radius 1 is 1.22 bits per heavy atom. The largest absolute Gasteiger partial charge is 0.302 e. The van der Waals surface area contributed by atoms with Gasteiger partial charge in [-0.2, -0.15) is 0 Å². The van der Waals surface area contributed by atoms with E-state index >= 15 is 0 Å². The minimum atomic E-state index is -0.332. The number of carbonyl (C=O) groups excluding carboxylic acids is 1. The van der Waals surface area contributed by atoms with Crippen LogP contribution in [0.1, 0.15) is 50.2 Å². The lowest BCUT2D eigenvalue weighted by atomic mass is 9.89. The van der Waals surface area contributed by atoms with Crippen molar-refractivity contribution in [1.29, 1.82) is 0 Å². The van der Waals surface area contributed by atoms with Crippen LogP contribution in [-0.2, 0) is 17.8 Å². The Balaban J connectivity index is 1.80. The number of rotatable bonds is 7. The van der Waals surface area contributed by atoms with Gasteiger partial charge in [-0.05, 0) is 43.4 Å². The van der Waals surface area contributed by atoms with Gasteiger partial charge < -0.3 is 4.90 Å². The number of hydrogen-bond donors (Lipinski definition) is 2. The molecule has 1 aliphatic carbocycles. The molecule has 2 rings (SSSR count). The summed E-state index contributed by atoms with van der Waals surface area (Å²) in [6.45, 7) is 3.98. The topological polar surface area (TPSA) is 52.6 Å². The molecule has 0 radical (unpaired) electrons. The first-order chi connectivity index (χ1) is 11.1. The Morgan fingerprint density at radius 3 is 2.43 bits per heavy atom. The number of amides is 1. The summed E-state index contributed by atoms with van der Waals surface area (Å²) < 4.78 is 0. The molecule has 2 N–H and O–H groups in total. The summed E-state index contributed by atoms with van der Waals surface area (Å²) in [6.07, 6.45) is 7.61. The van der Waals surface area contributed by atoms with Crippen LogP contribution in [0.2, 0.25) is 0 Å². The van der Waals surface area contributed by atoms with Gasteiger partial charge in [0.1, 0.15) is 0 Å². The number of benzene rings is 1. The number of nitrogens with one attached hydrogen (secondary N) is 1. The first-order valence-corrected chi connectivity index (χ1v) is 8.78. The van der Waals surface area contributed by atoms with Crippen LogP contribution in [0.15, 0.2) is 24.3 Å². The second-order valence-corrected chi connectivity index (χ2v) is 7.10. The summed E-state index contributed by atoms with van der Waals surface area (Å²) in [7, 11) is 2.20. The second kappa shape index (κ2) is 9.04. The molecule has 1 amide bonds. The summed E-state index contributed by atoms with van der Waals surface area (Å²) in [5.41, 5.74) is 4.15. The zero-order valence-corrected chi connectivity index (χ0v) is 14.4. The van der Waals surface area contributed by atoms with Gasteiger partial charge in [-0.3, -0.25) is 10.0 Å². The van der Waals surface area contributed by atoms with E-state index in [2.05, 4.69) is 36.2 Å². The van der Waals surface area contributed by atoms with E-state index in [0.29, 0.717) is 6.42 Å². The molecular weight excluding hydrogens is 288 g/mol. The number of nitrogens with zero attached hydrogens (tertiary/aromatic N) is 1. The molecule has 128 valence electrons. The van der Waals surface area contributed by atoms with Crippen LogP contribution < -0.4 is 5.48 Å². The van der Waals surface area contributed by atoms with Crippen molar-refractivity contribution >= 4 is 5.91 Å². The minimum Gasteiger partial charge on any atom is -0.302 e. The highest BCUT2D eigenvalue weighted by molar-refractivity contribution is 5.77. The van der Waals surface area contributed by atoms with Gasteiger partial charge in [-0.1, -0.05) is 50.5 Å². The highest BCUT2D eigenvalue weighted by Crippen LogP contribution is 2.24. The SMILES string of the molecule is CC(Cc1ccc(CN(C)CC2CCCCC2)cc1)C(=O)NO. The molecule has 4 nitrogen and oxygen atoms in total. The molecule has 1 fully saturated rings. The van der Waals surface area contributed by atoms with Crippen molar-refractivity contribution in [1.82, 2.24) is 10.4 Å². The fourth-order valence-electron chi connectivity index (χ4n) is 3.52. The molecule has 1 atom stereocenters. The zero-order chi connectivity index (χ0) is 16.7. The van der Waals surface area contributed by atoms with Gasteiger partial charge in [0.25, 0.3) is 0 Å². The lowest BCUT2D eigenvalue weighted by molar-refractivity contribution is -0.132. The van der Waals surface area contributed by atoms with Crippen molar-refractivity contribution in [2.45, 2.75) is 52.0 Å². The molecule has 0 bridgehead atoms. The molecule has 1 aromatic rings. The quantitative estimate of drug-likeness (QED) is 0.598. The molecule has 0 aromatic heterocycles. The molecule has 1 saturated carbocycles. The summed E-state index contributed by atoms with van der Waals surface area (Å²) in [6, 6.07) is 8.47.